The normalized spacial score (nSPS) is 12.4. The van der Waals surface area contributed by atoms with E-state index in [4.69, 9.17) is 10.5 Å². The summed E-state index contributed by atoms with van der Waals surface area (Å²) in [6.45, 7) is 3.09. The summed E-state index contributed by atoms with van der Waals surface area (Å²) in [6, 6.07) is 0. The third kappa shape index (κ3) is 3.55. The number of aromatic amines is 1. The lowest BCUT2D eigenvalue weighted by Crippen LogP contribution is -2.30. The predicted molar refractivity (Wildman–Crippen MR) is 54.2 cm³/mol. The summed E-state index contributed by atoms with van der Waals surface area (Å²) in [4.78, 5) is 15.1. The highest BCUT2D eigenvalue weighted by molar-refractivity contribution is 5.90. The monoisotopic (exact) mass is 213 g/mol. The molecule has 1 atom stereocenters. The predicted octanol–water partition coefficient (Wildman–Crippen LogP) is -0.601. The molecule has 0 saturated heterocycles. The van der Waals surface area contributed by atoms with Crippen LogP contribution in [0.3, 0.4) is 0 Å². The molecule has 0 aromatic carbocycles. The molecule has 0 spiro atoms. The number of methoxy groups -OCH3 is 1. The molecule has 0 saturated carbocycles. The van der Waals surface area contributed by atoms with Gasteiger partial charge < -0.3 is 15.8 Å². The molecule has 1 aromatic rings. The Hall–Kier alpha value is -1.63. The molecule has 1 rings (SSSR count). The number of carbonyl (C=O) groups is 1. The van der Waals surface area contributed by atoms with E-state index in [0.717, 1.165) is 0 Å². The first-order valence-electron chi connectivity index (χ1n) is 4.58. The topological polar surface area (TPSA) is 106 Å². The van der Waals surface area contributed by atoms with Crippen molar-refractivity contribution in [3.8, 4) is 0 Å². The standard InChI is InChI=1S/C8H15N5O2/c1-5(4-15-2)3-10-7(14)6-11-8(9)13-12-6/h5H,3-4H2,1-2H3,(H,10,14)(H3,9,11,12,13). The van der Waals surface area contributed by atoms with Crippen molar-refractivity contribution in [3.05, 3.63) is 5.82 Å². The maximum absolute atomic E-state index is 11.4. The van der Waals surface area contributed by atoms with Gasteiger partial charge in [0, 0.05) is 13.7 Å². The first-order chi connectivity index (χ1) is 7.13. The Bertz CT molecular complexity index is 325. The lowest BCUT2D eigenvalue weighted by atomic mass is 10.2. The lowest BCUT2D eigenvalue weighted by molar-refractivity contribution is 0.0924. The fourth-order valence-electron chi connectivity index (χ4n) is 1.07. The smallest absolute Gasteiger partial charge is 0.288 e. The van der Waals surface area contributed by atoms with Gasteiger partial charge in [-0.3, -0.25) is 9.89 Å². The quantitative estimate of drug-likeness (QED) is 0.605. The second kappa shape index (κ2) is 5.30. The van der Waals surface area contributed by atoms with Gasteiger partial charge in [-0.1, -0.05) is 6.92 Å². The van der Waals surface area contributed by atoms with Crippen molar-refractivity contribution < 1.29 is 9.53 Å². The number of anilines is 1. The van der Waals surface area contributed by atoms with Gasteiger partial charge in [0.15, 0.2) is 0 Å². The molecule has 0 radical (unpaired) electrons. The first kappa shape index (κ1) is 11.4. The molecule has 15 heavy (non-hydrogen) atoms. The second-order valence-corrected chi connectivity index (χ2v) is 3.31. The number of rotatable bonds is 5. The molecule has 0 bridgehead atoms. The summed E-state index contributed by atoms with van der Waals surface area (Å²) in [6.07, 6.45) is 0. The Morgan fingerprint density at radius 1 is 1.73 bits per heavy atom. The van der Waals surface area contributed by atoms with Crippen molar-refractivity contribution in [1.82, 2.24) is 20.5 Å². The van der Waals surface area contributed by atoms with Crippen LogP contribution in [0.2, 0.25) is 0 Å². The van der Waals surface area contributed by atoms with Gasteiger partial charge >= 0.3 is 0 Å². The van der Waals surface area contributed by atoms with E-state index in [2.05, 4.69) is 20.5 Å². The average Bonchev–Trinajstić information content (AvgIpc) is 2.62. The van der Waals surface area contributed by atoms with E-state index in [1.165, 1.54) is 0 Å². The van der Waals surface area contributed by atoms with Crippen LogP contribution in [0.5, 0.6) is 0 Å². The van der Waals surface area contributed by atoms with E-state index in [1.807, 2.05) is 6.92 Å². The summed E-state index contributed by atoms with van der Waals surface area (Å²) in [7, 11) is 1.62. The Kier molecular flexibility index (Phi) is 4.04. The molecule has 1 aromatic heterocycles. The van der Waals surface area contributed by atoms with E-state index in [-0.39, 0.29) is 23.6 Å². The summed E-state index contributed by atoms with van der Waals surface area (Å²) in [5.41, 5.74) is 5.27. The second-order valence-electron chi connectivity index (χ2n) is 3.31. The molecule has 7 nitrogen and oxygen atoms in total. The highest BCUT2D eigenvalue weighted by Gasteiger charge is 2.11. The number of aromatic nitrogens is 3. The van der Waals surface area contributed by atoms with Gasteiger partial charge in [-0.25, -0.2) is 0 Å². The van der Waals surface area contributed by atoms with Crippen LogP contribution in [0.15, 0.2) is 0 Å². The van der Waals surface area contributed by atoms with Crippen LogP contribution < -0.4 is 11.1 Å². The number of nitrogens with two attached hydrogens (primary N) is 1. The number of nitrogens with one attached hydrogen (secondary N) is 2. The fourth-order valence-corrected chi connectivity index (χ4v) is 1.07. The van der Waals surface area contributed by atoms with Gasteiger partial charge in [-0.15, -0.1) is 5.10 Å². The molecule has 1 heterocycles. The van der Waals surface area contributed by atoms with Crippen molar-refractivity contribution in [3.63, 3.8) is 0 Å². The number of hydrogen-bond acceptors (Lipinski definition) is 5. The van der Waals surface area contributed by atoms with Crippen LogP contribution in [0.4, 0.5) is 5.95 Å². The third-order valence-corrected chi connectivity index (χ3v) is 1.78. The van der Waals surface area contributed by atoms with Crippen LogP contribution in [0, 0.1) is 5.92 Å². The summed E-state index contributed by atoms with van der Waals surface area (Å²) >= 11 is 0. The minimum atomic E-state index is -0.317. The maximum Gasteiger partial charge on any atom is 0.288 e. The number of carbonyl (C=O) groups excluding carboxylic acids is 1. The fraction of sp³-hybridized carbons (Fsp3) is 0.625. The molecular formula is C8H15N5O2. The van der Waals surface area contributed by atoms with E-state index >= 15 is 0 Å². The molecule has 0 aliphatic carbocycles. The number of H-pyrrole nitrogens is 1. The average molecular weight is 213 g/mol. The van der Waals surface area contributed by atoms with E-state index in [0.29, 0.717) is 13.2 Å². The van der Waals surface area contributed by atoms with Gasteiger partial charge in [0.2, 0.25) is 11.8 Å². The minimum absolute atomic E-state index is 0.0603. The number of nitrogen functional groups attached to an aromatic ring is 1. The number of ether oxygens (including phenoxy) is 1. The third-order valence-electron chi connectivity index (χ3n) is 1.78. The minimum Gasteiger partial charge on any atom is -0.384 e. The largest absolute Gasteiger partial charge is 0.384 e. The van der Waals surface area contributed by atoms with Gasteiger partial charge in [0.1, 0.15) is 0 Å². The SMILES string of the molecule is COCC(C)CNC(=O)c1nc(N)n[nH]1. The zero-order chi connectivity index (χ0) is 11.3. The first-order valence-corrected chi connectivity index (χ1v) is 4.58. The molecule has 1 unspecified atom stereocenters. The van der Waals surface area contributed by atoms with Gasteiger partial charge in [0.05, 0.1) is 6.61 Å². The molecule has 0 aliphatic heterocycles. The Balaban J connectivity index is 2.36. The highest BCUT2D eigenvalue weighted by atomic mass is 16.5. The molecule has 7 heteroatoms. The number of nitrogens with zero attached hydrogens (tertiary/aromatic N) is 2. The summed E-state index contributed by atoms with van der Waals surface area (Å²) in [5.74, 6) is 0.114. The molecule has 4 N–H and O–H groups in total. The molecular weight excluding hydrogens is 198 g/mol. The Labute approximate surface area is 87.4 Å². The molecule has 1 amide bonds. The Morgan fingerprint density at radius 3 is 3.00 bits per heavy atom. The maximum atomic E-state index is 11.4. The van der Waals surface area contributed by atoms with E-state index in [1.54, 1.807) is 7.11 Å². The van der Waals surface area contributed by atoms with E-state index in [9.17, 15) is 4.79 Å². The van der Waals surface area contributed by atoms with Crippen LogP contribution in [0.25, 0.3) is 0 Å². The van der Waals surface area contributed by atoms with Crippen molar-refractivity contribution in [2.75, 3.05) is 26.0 Å². The zero-order valence-electron chi connectivity index (χ0n) is 8.78. The lowest BCUT2D eigenvalue weighted by Gasteiger charge is -2.09. The van der Waals surface area contributed by atoms with Crippen LogP contribution in [-0.4, -0.2) is 41.3 Å². The summed E-state index contributed by atoms with van der Waals surface area (Å²) < 4.78 is 4.94. The van der Waals surface area contributed by atoms with Crippen molar-refractivity contribution >= 4 is 11.9 Å². The number of hydrogen-bond donors (Lipinski definition) is 3. The van der Waals surface area contributed by atoms with Crippen LogP contribution in [-0.2, 0) is 4.74 Å². The van der Waals surface area contributed by atoms with E-state index < -0.39 is 0 Å². The van der Waals surface area contributed by atoms with Gasteiger partial charge in [-0.2, -0.15) is 4.98 Å². The highest BCUT2D eigenvalue weighted by Crippen LogP contribution is 1.95. The number of amides is 1. The molecule has 84 valence electrons. The van der Waals surface area contributed by atoms with Crippen molar-refractivity contribution in [2.24, 2.45) is 5.92 Å². The van der Waals surface area contributed by atoms with Crippen LogP contribution >= 0.6 is 0 Å². The van der Waals surface area contributed by atoms with Gasteiger partial charge in [-0.05, 0) is 5.92 Å². The van der Waals surface area contributed by atoms with Crippen molar-refractivity contribution in [2.45, 2.75) is 6.92 Å². The van der Waals surface area contributed by atoms with Gasteiger partial charge in [0.25, 0.3) is 5.91 Å². The molecule has 0 aliphatic rings. The van der Waals surface area contributed by atoms with Crippen molar-refractivity contribution in [1.29, 1.82) is 0 Å². The Morgan fingerprint density at radius 2 is 2.47 bits per heavy atom. The van der Waals surface area contributed by atoms with Crippen LogP contribution in [0.1, 0.15) is 17.5 Å². The zero-order valence-corrected chi connectivity index (χ0v) is 8.78. The summed E-state index contributed by atoms with van der Waals surface area (Å²) in [5, 5.41) is 8.68. The molecule has 0 fully saturated rings.